The van der Waals surface area contributed by atoms with Gasteiger partial charge in [-0.2, -0.15) is 5.10 Å². The van der Waals surface area contributed by atoms with Gasteiger partial charge in [0.25, 0.3) is 5.91 Å². The second-order valence-corrected chi connectivity index (χ2v) is 5.10. The highest BCUT2D eigenvalue weighted by atomic mass is 16.1. The Morgan fingerprint density at radius 3 is 2.71 bits per heavy atom. The lowest BCUT2D eigenvalue weighted by Gasteiger charge is -2.18. The summed E-state index contributed by atoms with van der Waals surface area (Å²) < 4.78 is 1.82. The van der Waals surface area contributed by atoms with Crippen LogP contribution in [0.4, 0.5) is 0 Å². The first-order valence-corrected chi connectivity index (χ1v) is 7.33. The summed E-state index contributed by atoms with van der Waals surface area (Å²) in [4.78, 5) is 16.9. The first-order valence-electron chi connectivity index (χ1n) is 7.33. The minimum absolute atomic E-state index is 0.0805. The molecular formula is C16H22N4O. The fourth-order valence-corrected chi connectivity index (χ4v) is 2.45. The Bertz CT molecular complexity index is 633. The molecular weight excluding hydrogens is 264 g/mol. The van der Waals surface area contributed by atoms with Gasteiger partial charge in [0.2, 0.25) is 0 Å². The van der Waals surface area contributed by atoms with Crippen molar-refractivity contribution in [3.05, 3.63) is 47.0 Å². The summed E-state index contributed by atoms with van der Waals surface area (Å²) in [5.41, 5.74) is 3.53. The molecule has 112 valence electrons. The van der Waals surface area contributed by atoms with Crippen LogP contribution in [0.25, 0.3) is 0 Å². The smallest absolute Gasteiger partial charge is 0.255 e. The van der Waals surface area contributed by atoms with Gasteiger partial charge in [0, 0.05) is 18.4 Å². The number of carbonyl (C=O) groups is 1. The minimum atomic E-state index is -0.0934. The molecule has 21 heavy (non-hydrogen) atoms. The van der Waals surface area contributed by atoms with Gasteiger partial charge in [0.1, 0.15) is 0 Å². The van der Waals surface area contributed by atoms with Crippen LogP contribution < -0.4 is 5.32 Å². The topological polar surface area (TPSA) is 59.8 Å². The highest BCUT2D eigenvalue weighted by molar-refractivity contribution is 5.95. The summed E-state index contributed by atoms with van der Waals surface area (Å²) in [6.45, 7) is 8.74. The number of carbonyl (C=O) groups excluding carboxylic acids is 1. The van der Waals surface area contributed by atoms with Crippen LogP contribution in [-0.2, 0) is 6.54 Å². The van der Waals surface area contributed by atoms with Crippen molar-refractivity contribution in [1.82, 2.24) is 20.1 Å². The molecule has 2 aromatic rings. The fourth-order valence-electron chi connectivity index (χ4n) is 2.45. The van der Waals surface area contributed by atoms with E-state index in [0.29, 0.717) is 5.56 Å². The molecule has 0 aromatic carbocycles. The first kappa shape index (κ1) is 15.2. The molecule has 1 atom stereocenters. The number of nitrogens with zero attached hydrogens (tertiary/aromatic N) is 3. The van der Waals surface area contributed by atoms with Gasteiger partial charge in [-0.05, 0) is 38.8 Å². The van der Waals surface area contributed by atoms with E-state index in [4.69, 9.17) is 0 Å². The standard InChI is InChI=1S/C16H22N4O/c1-5-14(15-11(3)8-7-9-17-15)19-16(21)13-10-18-20(6-2)12(13)4/h7-10,14H,5-6H2,1-4H3,(H,19,21). The van der Waals surface area contributed by atoms with Crippen molar-refractivity contribution in [2.45, 2.75) is 46.7 Å². The first-order chi connectivity index (χ1) is 10.1. The van der Waals surface area contributed by atoms with Crippen LogP contribution in [0.5, 0.6) is 0 Å². The molecule has 5 heteroatoms. The average molecular weight is 286 g/mol. The maximum atomic E-state index is 12.5. The largest absolute Gasteiger partial charge is 0.344 e. The molecule has 5 nitrogen and oxygen atoms in total. The van der Waals surface area contributed by atoms with Gasteiger partial charge in [-0.1, -0.05) is 13.0 Å². The van der Waals surface area contributed by atoms with Gasteiger partial charge in [-0.25, -0.2) is 0 Å². The van der Waals surface area contributed by atoms with E-state index in [-0.39, 0.29) is 11.9 Å². The van der Waals surface area contributed by atoms with Crippen LogP contribution in [0.2, 0.25) is 0 Å². The number of hydrogen-bond donors (Lipinski definition) is 1. The van der Waals surface area contributed by atoms with E-state index >= 15 is 0 Å². The Hall–Kier alpha value is -2.17. The lowest BCUT2D eigenvalue weighted by molar-refractivity contribution is 0.0934. The molecule has 0 bridgehead atoms. The highest BCUT2D eigenvalue weighted by Gasteiger charge is 2.19. The molecule has 2 aromatic heterocycles. The van der Waals surface area contributed by atoms with E-state index in [2.05, 4.69) is 15.4 Å². The second kappa shape index (κ2) is 6.52. The van der Waals surface area contributed by atoms with Crippen molar-refractivity contribution >= 4 is 5.91 Å². The van der Waals surface area contributed by atoms with Crippen molar-refractivity contribution in [3.8, 4) is 0 Å². The van der Waals surface area contributed by atoms with Gasteiger partial charge in [-0.3, -0.25) is 14.5 Å². The second-order valence-electron chi connectivity index (χ2n) is 5.10. The van der Waals surface area contributed by atoms with Crippen molar-refractivity contribution in [3.63, 3.8) is 0 Å². The lowest BCUT2D eigenvalue weighted by Crippen LogP contribution is -2.29. The molecule has 0 fully saturated rings. The summed E-state index contributed by atoms with van der Waals surface area (Å²) in [6.07, 6.45) is 4.19. The molecule has 0 aliphatic rings. The van der Waals surface area contributed by atoms with Crippen LogP contribution in [-0.4, -0.2) is 20.7 Å². The molecule has 1 unspecified atom stereocenters. The molecule has 2 rings (SSSR count). The third kappa shape index (κ3) is 3.12. The molecule has 0 saturated heterocycles. The molecule has 0 saturated carbocycles. The molecule has 1 amide bonds. The maximum Gasteiger partial charge on any atom is 0.255 e. The van der Waals surface area contributed by atoms with Crippen LogP contribution in [0.1, 0.15) is 53.6 Å². The summed E-state index contributed by atoms with van der Waals surface area (Å²) >= 11 is 0. The number of hydrogen-bond acceptors (Lipinski definition) is 3. The number of aryl methyl sites for hydroxylation is 2. The fraction of sp³-hybridized carbons (Fsp3) is 0.438. The van der Waals surface area contributed by atoms with Gasteiger partial charge in [-0.15, -0.1) is 0 Å². The predicted octanol–water partition coefficient (Wildman–Crippen LogP) is 2.80. The van der Waals surface area contributed by atoms with Crippen molar-refractivity contribution in [2.24, 2.45) is 0 Å². The Kier molecular flexibility index (Phi) is 4.73. The number of nitrogens with one attached hydrogen (secondary N) is 1. The molecule has 0 aliphatic carbocycles. The van der Waals surface area contributed by atoms with Gasteiger partial charge in [0.05, 0.1) is 23.5 Å². The predicted molar refractivity (Wildman–Crippen MR) is 82.1 cm³/mol. The number of aromatic nitrogens is 3. The van der Waals surface area contributed by atoms with Crippen LogP contribution in [0, 0.1) is 13.8 Å². The number of rotatable bonds is 5. The summed E-state index contributed by atoms with van der Waals surface area (Å²) in [6, 6.07) is 3.84. The number of amides is 1. The van der Waals surface area contributed by atoms with Gasteiger partial charge >= 0.3 is 0 Å². The van der Waals surface area contributed by atoms with E-state index in [0.717, 1.165) is 29.9 Å². The lowest BCUT2D eigenvalue weighted by atomic mass is 10.1. The van der Waals surface area contributed by atoms with Crippen molar-refractivity contribution < 1.29 is 4.79 Å². The van der Waals surface area contributed by atoms with Crippen LogP contribution in [0.15, 0.2) is 24.5 Å². The molecule has 2 heterocycles. The van der Waals surface area contributed by atoms with E-state index in [1.54, 1.807) is 12.4 Å². The van der Waals surface area contributed by atoms with Crippen LogP contribution >= 0.6 is 0 Å². The van der Waals surface area contributed by atoms with Gasteiger partial charge < -0.3 is 5.32 Å². The SMILES string of the molecule is CCC(NC(=O)c1cnn(CC)c1C)c1ncccc1C. The highest BCUT2D eigenvalue weighted by Crippen LogP contribution is 2.19. The number of pyridine rings is 1. The zero-order chi connectivity index (χ0) is 15.4. The van der Waals surface area contributed by atoms with E-state index < -0.39 is 0 Å². The van der Waals surface area contributed by atoms with E-state index in [1.165, 1.54) is 0 Å². The molecule has 0 aliphatic heterocycles. The molecule has 0 spiro atoms. The third-order valence-electron chi connectivity index (χ3n) is 3.74. The Morgan fingerprint density at radius 2 is 2.14 bits per heavy atom. The Morgan fingerprint density at radius 1 is 1.38 bits per heavy atom. The zero-order valence-corrected chi connectivity index (χ0v) is 13.1. The quantitative estimate of drug-likeness (QED) is 0.919. The Labute approximate surface area is 125 Å². The molecule has 1 N–H and O–H groups in total. The maximum absolute atomic E-state index is 12.5. The van der Waals surface area contributed by atoms with E-state index in [1.807, 2.05) is 44.5 Å². The van der Waals surface area contributed by atoms with Crippen LogP contribution in [0.3, 0.4) is 0 Å². The summed E-state index contributed by atoms with van der Waals surface area (Å²) in [7, 11) is 0. The summed E-state index contributed by atoms with van der Waals surface area (Å²) in [5.74, 6) is -0.0934. The summed E-state index contributed by atoms with van der Waals surface area (Å²) in [5, 5.41) is 7.28. The third-order valence-corrected chi connectivity index (χ3v) is 3.74. The van der Waals surface area contributed by atoms with Crippen molar-refractivity contribution in [2.75, 3.05) is 0 Å². The zero-order valence-electron chi connectivity index (χ0n) is 13.1. The van der Waals surface area contributed by atoms with Crippen molar-refractivity contribution in [1.29, 1.82) is 0 Å². The van der Waals surface area contributed by atoms with E-state index in [9.17, 15) is 4.79 Å². The molecule has 0 radical (unpaired) electrons. The monoisotopic (exact) mass is 286 g/mol. The normalized spacial score (nSPS) is 12.2. The average Bonchev–Trinajstić information content (AvgIpc) is 2.86. The minimum Gasteiger partial charge on any atom is -0.344 e. The Balaban J connectivity index is 2.20. The van der Waals surface area contributed by atoms with Gasteiger partial charge in [0.15, 0.2) is 0 Å².